The number of amides is 2. The smallest absolute Gasteiger partial charge is 0.335 e. The van der Waals surface area contributed by atoms with Gasteiger partial charge in [0, 0.05) is 31.7 Å². The second-order valence-electron chi connectivity index (χ2n) is 10.8. The zero-order chi connectivity index (χ0) is 28.5. The Labute approximate surface area is 238 Å². The summed E-state index contributed by atoms with van der Waals surface area (Å²) in [5.41, 5.74) is 7.43. The summed E-state index contributed by atoms with van der Waals surface area (Å²) in [5, 5.41) is 12.8. The van der Waals surface area contributed by atoms with Crippen LogP contribution in [0.4, 0.5) is 0 Å². The molecule has 2 aliphatic rings. The van der Waals surface area contributed by atoms with Crippen molar-refractivity contribution in [2.24, 2.45) is 5.92 Å². The van der Waals surface area contributed by atoms with Crippen molar-refractivity contribution in [3.8, 4) is 11.1 Å². The lowest BCUT2D eigenvalue weighted by molar-refractivity contribution is -0.122. The summed E-state index contributed by atoms with van der Waals surface area (Å²) in [6.45, 7) is 3.10. The summed E-state index contributed by atoms with van der Waals surface area (Å²) in [5.74, 6) is -0.832. The van der Waals surface area contributed by atoms with Crippen molar-refractivity contribution in [3.63, 3.8) is 0 Å². The number of carboxylic acid groups (broad SMARTS) is 1. The van der Waals surface area contributed by atoms with Gasteiger partial charge in [0.05, 0.1) is 5.56 Å². The highest BCUT2D eigenvalue weighted by molar-refractivity contribution is 5.93. The first-order valence-corrected chi connectivity index (χ1v) is 13.9. The molecule has 1 aliphatic heterocycles. The Balaban J connectivity index is 1.30. The van der Waals surface area contributed by atoms with Gasteiger partial charge in [0.25, 0.3) is 5.91 Å². The third-order valence-corrected chi connectivity index (χ3v) is 8.34. The molecule has 0 radical (unpaired) electrons. The first-order chi connectivity index (χ1) is 19.9. The first-order valence-electron chi connectivity index (χ1n) is 13.9. The minimum atomic E-state index is -0.960. The summed E-state index contributed by atoms with van der Waals surface area (Å²) >= 11 is 0. The number of carbonyl (C=O) groups excluding carboxylic acids is 2. The number of pyridine rings is 1. The lowest BCUT2D eigenvalue weighted by Gasteiger charge is -2.32. The summed E-state index contributed by atoms with van der Waals surface area (Å²) in [6.07, 6.45) is 3.07. The quantitative estimate of drug-likeness (QED) is 0.325. The predicted octanol–water partition coefficient (Wildman–Crippen LogP) is 5.37. The summed E-state index contributed by atoms with van der Waals surface area (Å²) in [7, 11) is 0. The van der Waals surface area contributed by atoms with Gasteiger partial charge in [-0.05, 0) is 82.8 Å². The molecule has 206 valence electrons. The molecule has 41 heavy (non-hydrogen) atoms. The third-order valence-electron chi connectivity index (χ3n) is 8.34. The number of nitrogens with zero attached hydrogens (tertiary/aromatic N) is 2. The molecule has 0 saturated heterocycles. The van der Waals surface area contributed by atoms with Crippen LogP contribution in [0.3, 0.4) is 0 Å². The van der Waals surface area contributed by atoms with Gasteiger partial charge in [-0.3, -0.25) is 14.6 Å². The fourth-order valence-electron chi connectivity index (χ4n) is 6.01. The van der Waals surface area contributed by atoms with Crippen LogP contribution in [-0.2, 0) is 24.3 Å². The molecule has 1 fully saturated rings. The number of benzene rings is 3. The molecule has 2 amide bonds. The standard InChI is InChI=1S/C34H31N3O4/c1-21-24(10-7-11-25(21)34(40)41)26-14-13-23(19-36-32(38)29-18-28(29)22-8-3-2-4-9-22)30-20-37(17-15-27(26)30)33(39)31-12-5-6-16-35-31/h2-14,16,28-29H,15,17-20H2,1H3,(H,36,38)(H,40,41). The van der Waals surface area contributed by atoms with Gasteiger partial charge in [0.15, 0.2) is 0 Å². The molecule has 1 aliphatic carbocycles. The van der Waals surface area contributed by atoms with E-state index in [4.69, 9.17) is 0 Å². The average molecular weight is 546 g/mol. The van der Waals surface area contributed by atoms with Gasteiger partial charge >= 0.3 is 5.97 Å². The maximum absolute atomic E-state index is 13.3. The second-order valence-corrected chi connectivity index (χ2v) is 10.8. The van der Waals surface area contributed by atoms with Gasteiger partial charge in [-0.2, -0.15) is 0 Å². The molecule has 7 heteroatoms. The van der Waals surface area contributed by atoms with Crippen molar-refractivity contribution in [1.29, 1.82) is 0 Å². The van der Waals surface area contributed by atoms with E-state index in [1.165, 1.54) is 5.56 Å². The number of aromatic carboxylic acids is 1. The highest BCUT2D eigenvalue weighted by Crippen LogP contribution is 2.47. The van der Waals surface area contributed by atoms with E-state index in [2.05, 4.69) is 22.4 Å². The van der Waals surface area contributed by atoms with Crippen molar-refractivity contribution >= 4 is 17.8 Å². The van der Waals surface area contributed by atoms with Gasteiger partial charge in [-0.25, -0.2) is 4.79 Å². The molecule has 0 bridgehead atoms. The number of rotatable bonds is 7. The van der Waals surface area contributed by atoms with Gasteiger partial charge in [-0.1, -0.05) is 60.7 Å². The summed E-state index contributed by atoms with van der Waals surface area (Å²) in [6, 6.07) is 24.8. The van der Waals surface area contributed by atoms with Crippen LogP contribution in [0, 0.1) is 12.8 Å². The molecule has 1 saturated carbocycles. The van der Waals surface area contributed by atoms with Gasteiger partial charge in [0.1, 0.15) is 5.69 Å². The molecule has 3 aromatic carbocycles. The number of fused-ring (bicyclic) bond motifs is 1. The Morgan fingerprint density at radius 3 is 2.49 bits per heavy atom. The highest BCUT2D eigenvalue weighted by Gasteiger charge is 2.43. The Kier molecular flexibility index (Phi) is 7.10. The number of aromatic nitrogens is 1. The van der Waals surface area contributed by atoms with Crippen LogP contribution in [-0.4, -0.2) is 39.3 Å². The number of hydrogen-bond donors (Lipinski definition) is 2. The van der Waals surface area contributed by atoms with E-state index in [1.54, 1.807) is 41.4 Å². The van der Waals surface area contributed by atoms with Crippen molar-refractivity contribution in [3.05, 3.63) is 124 Å². The number of hydrogen-bond acceptors (Lipinski definition) is 4. The fraction of sp³-hybridized carbons (Fsp3) is 0.235. The lowest BCUT2D eigenvalue weighted by atomic mass is 9.85. The molecule has 2 unspecified atom stereocenters. The monoisotopic (exact) mass is 545 g/mol. The number of carbonyl (C=O) groups is 3. The van der Waals surface area contributed by atoms with E-state index >= 15 is 0 Å². The Bertz CT molecular complexity index is 1640. The van der Waals surface area contributed by atoms with Gasteiger partial charge in [0.2, 0.25) is 5.91 Å². The van der Waals surface area contributed by atoms with Crippen LogP contribution in [0.15, 0.2) is 85.1 Å². The minimum Gasteiger partial charge on any atom is -0.478 e. The van der Waals surface area contributed by atoms with E-state index < -0.39 is 5.97 Å². The van der Waals surface area contributed by atoms with Crippen molar-refractivity contribution < 1.29 is 19.5 Å². The molecule has 7 nitrogen and oxygen atoms in total. The molecule has 0 spiro atoms. The van der Waals surface area contributed by atoms with Crippen LogP contribution < -0.4 is 5.32 Å². The van der Waals surface area contributed by atoms with Crippen molar-refractivity contribution in [2.75, 3.05) is 6.54 Å². The first kappa shape index (κ1) is 26.4. The zero-order valence-corrected chi connectivity index (χ0v) is 22.8. The molecular weight excluding hydrogens is 514 g/mol. The average Bonchev–Trinajstić information content (AvgIpc) is 3.81. The number of nitrogens with one attached hydrogen (secondary N) is 1. The van der Waals surface area contributed by atoms with E-state index in [9.17, 15) is 19.5 Å². The maximum atomic E-state index is 13.3. The predicted molar refractivity (Wildman–Crippen MR) is 155 cm³/mol. The Morgan fingerprint density at radius 2 is 1.73 bits per heavy atom. The maximum Gasteiger partial charge on any atom is 0.335 e. The van der Waals surface area contributed by atoms with Crippen LogP contribution in [0.5, 0.6) is 0 Å². The van der Waals surface area contributed by atoms with Crippen LogP contribution in [0.2, 0.25) is 0 Å². The number of carboxylic acids is 1. The van der Waals surface area contributed by atoms with E-state index in [0.29, 0.717) is 37.3 Å². The third kappa shape index (κ3) is 5.23. The van der Waals surface area contributed by atoms with E-state index in [-0.39, 0.29) is 29.2 Å². The van der Waals surface area contributed by atoms with Crippen LogP contribution in [0.25, 0.3) is 11.1 Å². The lowest BCUT2D eigenvalue weighted by Crippen LogP contribution is -2.37. The van der Waals surface area contributed by atoms with Gasteiger partial charge in [-0.15, -0.1) is 0 Å². The molecule has 1 aromatic heterocycles. The summed E-state index contributed by atoms with van der Waals surface area (Å²) < 4.78 is 0. The van der Waals surface area contributed by atoms with Crippen molar-refractivity contribution in [2.45, 2.75) is 38.8 Å². The largest absolute Gasteiger partial charge is 0.478 e. The topological polar surface area (TPSA) is 99.6 Å². The Hall–Kier alpha value is -4.78. The fourth-order valence-corrected chi connectivity index (χ4v) is 6.01. The molecule has 2 heterocycles. The van der Waals surface area contributed by atoms with Gasteiger partial charge < -0.3 is 15.3 Å². The minimum absolute atomic E-state index is 0.0314. The zero-order valence-electron chi connectivity index (χ0n) is 22.8. The Morgan fingerprint density at radius 1 is 0.927 bits per heavy atom. The molecular formula is C34H31N3O4. The molecule has 4 aromatic rings. The van der Waals surface area contributed by atoms with Crippen LogP contribution in [0.1, 0.15) is 61.0 Å². The second kappa shape index (κ2) is 11.0. The summed E-state index contributed by atoms with van der Waals surface area (Å²) in [4.78, 5) is 44.3. The van der Waals surface area contributed by atoms with E-state index in [0.717, 1.165) is 34.2 Å². The SMILES string of the molecule is Cc1c(C(=O)O)cccc1-c1ccc(CNC(=O)C2CC2c2ccccc2)c2c1CCN(C(=O)c1ccccn1)C2. The van der Waals surface area contributed by atoms with E-state index in [1.807, 2.05) is 43.3 Å². The molecule has 6 rings (SSSR count). The van der Waals surface area contributed by atoms with Crippen molar-refractivity contribution in [1.82, 2.24) is 15.2 Å². The van der Waals surface area contributed by atoms with Crippen LogP contribution >= 0.6 is 0 Å². The molecule has 2 atom stereocenters. The normalized spacial score (nSPS) is 17.4. The molecule has 2 N–H and O–H groups in total. The highest BCUT2D eigenvalue weighted by atomic mass is 16.4.